The molecule has 35 heavy (non-hydrogen) atoms. The van der Waals surface area contributed by atoms with Gasteiger partial charge in [-0.15, -0.1) is 0 Å². The van der Waals surface area contributed by atoms with Crippen LogP contribution in [0.2, 0.25) is 0 Å². The molecule has 3 heterocycles. The number of carbonyl (C=O) groups is 1. The Morgan fingerprint density at radius 3 is 2.80 bits per heavy atom. The lowest BCUT2D eigenvalue weighted by atomic mass is 9.97. The molecule has 3 aliphatic rings. The van der Waals surface area contributed by atoms with Gasteiger partial charge in [0.25, 0.3) is 5.91 Å². The van der Waals surface area contributed by atoms with E-state index in [1.54, 1.807) is 0 Å². The molecule has 0 radical (unpaired) electrons. The molecule has 2 N–H and O–H groups in total. The van der Waals surface area contributed by atoms with Gasteiger partial charge in [-0.3, -0.25) is 9.78 Å². The number of benzene rings is 2. The van der Waals surface area contributed by atoms with E-state index in [0.717, 1.165) is 85.6 Å². The Labute approximate surface area is 205 Å². The third-order valence-electron chi connectivity index (χ3n) is 7.53. The number of rotatable bonds is 7. The number of nitrogens with one attached hydrogen (secondary N) is 2. The van der Waals surface area contributed by atoms with Gasteiger partial charge < -0.3 is 25.0 Å². The first kappa shape index (κ1) is 22.3. The second-order valence-corrected chi connectivity index (χ2v) is 9.93. The van der Waals surface area contributed by atoms with Crippen molar-refractivity contribution in [2.24, 2.45) is 0 Å². The van der Waals surface area contributed by atoms with Crippen LogP contribution in [0.5, 0.6) is 5.75 Å². The third-order valence-corrected chi connectivity index (χ3v) is 7.53. The minimum absolute atomic E-state index is 0.0546. The number of carbonyl (C=O) groups excluding carboxylic acids is 1. The van der Waals surface area contributed by atoms with Gasteiger partial charge in [0.15, 0.2) is 0 Å². The second kappa shape index (κ2) is 9.13. The van der Waals surface area contributed by atoms with Crippen LogP contribution in [-0.2, 0) is 10.3 Å². The van der Waals surface area contributed by atoms with E-state index in [4.69, 9.17) is 9.47 Å². The van der Waals surface area contributed by atoms with Crippen molar-refractivity contribution in [3.63, 3.8) is 0 Å². The molecular formula is C28H32N4O3. The molecule has 2 aromatic carbocycles. The minimum Gasteiger partial charge on any atom is -0.492 e. The highest BCUT2D eigenvalue weighted by Crippen LogP contribution is 2.49. The van der Waals surface area contributed by atoms with E-state index >= 15 is 0 Å². The van der Waals surface area contributed by atoms with E-state index in [2.05, 4.69) is 38.7 Å². The van der Waals surface area contributed by atoms with Crippen LogP contribution in [0.15, 0.2) is 48.7 Å². The average Bonchev–Trinajstić information content (AvgIpc) is 3.64. The number of pyridine rings is 1. The molecule has 1 amide bonds. The number of aryl methyl sites for hydroxylation is 1. The molecule has 1 atom stereocenters. The molecule has 182 valence electrons. The van der Waals surface area contributed by atoms with Crippen LogP contribution in [0.1, 0.15) is 40.7 Å². The summed E-state index contributed by atoms with van der Waals surface area (Å²) in [5.74, 6) is 0.685. The van der Waals surface area contributed by atoms with Crippen molar-refractivity contribution in [2.75, 3.05) is 44.4 Å². The van der Waals surface area contributed by atoms with Gasteiger partial charge in [-0.25, -0.2) is 0 Å². The van der Waals surface area contributed by atoms with Crippen molar-refractivity contribution >= 4 is 22.5 Å². The molecule has 6 rings (SSSR count). The Morgan fingerprint density at radius 1 is 1.23 bits per heavy atom. The zero-order valence-corrected chi connectivity index (χ0v) is 20.2. The van der Waals surface area contributed by atoms with Gasteiger partial charge >= 0.3 is 0 Å². The number of hydrogen-bond acceptors (Lipinski definition) is 6. The van der Waals surface area contributed by atoms with Crippen molar-refractivity contribution < 1.29 is 14.3 Å². The molecule has 3 aromatic rings. The van der Waals surface area contributed by atoms with E-state index in [0.29, 0.717) is 18.2 Å². The van der Waals surface area contributed by atoms with Crippen LogP contribution in [0.3, 0.4) is 0 Å². The molecule has 2 saturated heterocycles. The van der Waals surface area contributed by atoms with Crippen molar-refractivity contribution in [1.82, 2.24) is 15.6 Å². The van der Waals surface area contributed by atoms with Gasteiger partial charge in [0, 0.05) is 42.0 Å². The Kier molecular flexibility index (Phi) is 5.82. The minimum atomic E-state index is -0.375. The first-order chi connectivity index (χ1) is 17.1. The maximum atomic E-state index is 13.6. The summed E-state index contributed by atoms with van der Waals surface area (Å²) in [6, 6.07) is 14.7. The maximum Gasteiger partial charge on any atom is 0.252 e. The maximum absolute atomic E-state index is 13.6. The number of nitrogens with zero attached hydrogens (tertiary/aromatic N) is 2. The van der Waals surface area contributed by atoms with Crippen LogP contribution < -0.4 is 20.3 Å². The molecule has 1 aromatic heterocycles. The molecular weight excluding hydrogens is 440 g/mol. The van der Waals surface area contributed by atoms with Crippen LogP contribution in [0, 0.1) is 6.92 Å². The van der Waals surface area contributed by atoms with Gasteiger partial charge in [-0.1, -0.05) is 12.1 Å². The zero-order chi connectivity index (χ0) is 23.8. The van der Waals surface area contributed by atoms with Gasteiger partial charge in [0.2, 0.25) is 0 Å². The number of hydrogen-bond donors (Lipinski definition) is 2. The highest BCUT2D eigenvalue weighted by Gasteiger charge is 2.47. The smallest absolute Gasteiger partial charge is 0.252 e. The van der Waals surface area contributed by atoms with Crippen molar-refractivity contribution in [1.29, 1.82) is 0 Å². The Morgan fingerprint density at radius 2 is 2.06 bits per heavy atom. The standard InChI is InChI=1S/C28H32N4O3/c1-19-4-5-22(35-18-20-6-10-29-20)17-24(19)27(33)31-28(7-8-28)25-15-21(32-11-13-34-14-12-32)16-26-23(25)3-2-9-30-26/h2-5,9,15-17,20,29H,6-8,10-14,18H2,1H3,(H,31,33). The topological polar surface area (TPSA) is 75.7 Å². The van der Waals surface area contributed by atoms with Crippen LogP contribution in [-0.4, -0.2) is 56.4 Å². The molecule has 1 aliphatic carbocycles. The number of amides is 1. The van der Waals surface area contributed by atoms with E-state index in [1.807, 2.05) is 37.4 Å². The molecule has 0 bridgehead atoms. The first-order valence-electron chi connectivity index (χ1n) is 12.6. The summed E-state index contributed by atoms with van der Waals surface area (Å²) in [4.78, 5) is 20.6. The van der Waals surface area contributed by atoms with Gasteiger partial charge in [0.05, 0.1) is 24.3 Å². The molecule has 7 heteroatoms. The number of fused-ring (bicyclic) bond motifs is 1. The van der Waals surface area contributed by atoms with Crippen molar-refractivity contribution in [3.05, 3.63) is 65.4 Å². The van der Waals surface area contributed by atoms with Gasteiger partial charge in [0.1, 0.15) is 12.4 Å². The fourth-order valence-corrected chi connectivity index (χ4v) is 5.06. The predicted molar refractivity (Wildman–Crippen MR) is 136 cm³/mol. The van der Waals surface area contributed by atoms with E-state index in [-0.39, 0.29) is 11.4 Å². The lowest BCUT2D eigenvalue weighted by molar-refractivity contribution is 0.0930. The van der Waals surface area contributed by atoms with Gasteiger partial charge in [-0.2, -0.15) is 0 Å². The monoisotopic (exact) mass is 472 g/mol. The summed E-state index contributed by atoms with van der Waals surface area (Å²) in [5, 5.41) is 7.85. The van der Waals surface area contributed by atoms with Crippen LogP contribution >= 0.6 is 0 Å². The lowest BCUT2D eigenvalue weighted by Crippen LogP contribution is -2.46. The average molecular weight is 473 g/mol. The summed E-state index contributed by atoms with van der Waals surface area (Å²) in [7, 11) is 0. The van der Waals surface area contributed by atoms with Gasteiger partial charge in [-0.05, 0) is 74.2 Å². The Bertz CT molecular complexity index is 1250. The molecule has 1 unspecified atom stereocenters. The number of morpholine rings is 1. The highest BCUT2D eigenvalue weighted by molar-refractivity contribution is 5.97. The molecule has 1 saturated carbocycles. The summed E-state index contributed by atoms with van der Waals surface area (Å²) < 4.78 is 11.5. The fourth-order valence-electron chi connectivity index (χ4n) is 5.06. The zero-order valence-electron chi connectivity index (χ0n) is 20.2. The van der Waals surface area contributed by atoms with E-state index < -0.39 is 0 Å². The molecule has 0 spiro atoms. The van der Waals surface area contributed by atoms with Crippen LogP contribution in [0.25, 0.3) is 10.9 Å². The molecule has 3 fully saturated rings. The summed E-state index contributed by atoms with van der Waals surface area (Å²) >= 11 is 0. The summed E-state index contributed by atoms with van der Waals surface area (Å²) in [5.41, 5.74) is 4.50. The summed E-state index contributed by atoms with van der Waals surface area (Å²) in [6.45, 7) is 6.83. The Hall–Kier alpha value is -3.16. The second-order valence-electron chi connectivity index (χ2n) is 9.93. The number of anilines is 1. The predicted octanol–water partition coefficient (Wildman–Crippen LogP) is 3.54. The first-order valence-corrected chi connectivity index (χ1v) is 12.6. The van der Waals surface area contributed by atoms with E-state index in [1.165, 1.54) is 0 Å². The summed E-state index contributed by atoms with van der Waals surface area (Å²) in [6.07, 6.45) is 4.80. The fraction of sp³-hybridized carbons (Fsp3) is 0.429. The third kappa shape index (κ3) is 4.46. The lowest BCUT2D eigenvalue weighted by Gasteiger charge is -2.30. The molecule has 2 aliphatic heterocycles. The number of ether oxygens (including phenoxy) is 2. The van der Waals surface area contributed by atoms with Crippen molar-refractivity contribution in [3.8, 4) is 5.75 Å². The normalized spacial score (nSPS) is 20.8. The highest BCUT2D eigenvalue weighted by atomic mass is 16.5. The SMILES string of the molecule is Cc1ccc(OCC2CCN2)cc1C(=O)NC1(c2cc(N3CCOCC3)cc3ncccc23)CC1. The Balaban J connectivity index is 1.28. The quantitative estimate of drug-likeness (QED) is 0.548. The van der Waals surface area contributed by atoms with Crippen LogP contribution in [0.4, 0.5) is 5.69 Å². The molecule has 7 nitrogen and oxygen atoms in total. The van der Waals surface area contributed by atoms with Crippen molar-refractivity contribution in [2.45, 2.75) is 37.8 Å². The largest absolute Gasteiger partial charge is 0.492 e. The number of aromatic nitrogens is 1. The van der Waals surface area contributed by atoms with E-state index in [9.17, 15) is 4.79 Å².